The molecule has 2 amide bonds. The van der Waals surface area contributed by atoms with Gasteiger partial charge in [0.25, 0.3) is 0 Å². The van der Waals surface area contributed by atoms with Gasteiger partial charge in [0, 0.05) is 49.8 Å². The molecule has 3 N–H and O–H groups in total. The number of nitrogens with zero attached hydrogens (tertiary/aromatic N) is 3. The van der Waals surface area contributed by atoms with Crippen molar-refractivity contribution in [2.75, 3.05) is 25.0 Å². The maximum absolute atomic E-state index is 13.0. The van der Waals surface area contributed by atoms with E-state index in [0.29, 0.717) is 50.9 Å². The van der Waals surface area contributed by atoms with Crippen molar-refractivity contribution in [1.82, 2.24) is 20.2 Å². The molecule has 1 aliphatic heterocycles. The molecule has 0 spiro atoms. The molecule has 9 heteroatoms. The summed E-state index contributed by atoms with van der Waals surface area (Å²) in [6, 6.07) is 14.4. The number of para-hydroxylation sites is 1. The molecule has 9 nitrogen and oxygen atoms in total. The number of hydrogen-bond acceptors (Lipinski definition) is 6. The van der Waals surface area contributed by atoms with Crippen LogP contribution >= 0.6 is 0 Å². The van der Waals surface area contributed by atoms with Gasteiger partial charge in [-0.1, -0.05) is 24.3 Å². The average Bonchev–Trinajstić information content (AvgIpc) is 2.90. The first kappa shape index (κ1) is 25.1. The molecule has 1 saturated heterocycles. The van der Waals surface area contributed by atoms with Crippen LogP contribution < -0.4 is 10.6 Å². The average molecular weight is 490 g/mol. The van der Waals surface area contributed by atoms with E-state index in [9.17, 15) is 19.5 Å². The Bertz CT molecular complexity index is 1200. The van der Waals surface area contributed by atoms with Crippen molar-refractivity contribution >= 4 is 34.5 Å². The Morgan fingerprint density at radius 2 is 1.83 bits per heavy atom. The number of likely N-dealkylation sites (tertiary alicyclic amines) is 1. The molecule has 36 heavy (non-hydrogen) atoms. The number of rotatable bonds is 10. The zero-order chi connectivity index (χ0) is 25.3. The van der Waals surface area contributed by atoms with Crippen LogP contribution in [0.2, 0.25) is 0 Å². The summed E-state index contributed by atoms with van der Waals surface area (Å²) in [7, 11) is 0. The minimum absolute atomic E-state index is 0.0858. The lowest BCUT2D eigenvalue weighted by Crippen LogP contribution is -2.44. The van der Waals surface area contributed by atoms with Crippen molar-refractivity contribution in [1.29, 1.82) is 0 Å². The molecule has 0 unspecified atom stereocenters. The molecule has 0 aliphatic carbocycles. The molecule has 1 fully saturated rings. The largest absolute Gasteiger partial charge is 0.481 e. The van der Waals surface area contributed by atoms with Gasteiger partial charge < -0.3 is 20.6 Å². The molecule has 1 aliphatic rings. The van der Waals surface area contributed by atoms with Crippen molar-refractivity contribution in [3.8, 4) is 0 Å². The zero-order valence-electron chi connectivity index (χ0n) is 20.1. The van der Waals surface area contributed by atoms with Crippen LogP contribution in [0.4, 0.5) is 5.82 Å². The second kappa shape index (κ2) is 12.1. The lowest BCUT2D eigenvalue weighted by atomic mass is 9.94. The molecule has 2 aromatic heterocycles. The van der Waals surface area contributed by atoms with E-state index in [1.165, 1.54) is 0 Å². The molecule has 188 valence electrons. The second-order valence-electron chi connectivity index (χ2n) is 9.02. The van der Waals surface area contributed by atoms with E-state index in [-0.39, 0.29) is 24.2 Å². The number of nitrogens with one attached hydrogen (secondary N) is 2. The van der Waals surface area contributed by atoms with E-state index >= 15 is 0 Å². The first-order valence-corrected chi connectivity index (χ1v) is 12.3. The monoisotopic (exact) mass is 489 g/mol. The van der Waals surface area contributed by atoms with Crippen LogP contribution in [0.5, 0.6) is 0 Å². The Labute approximate surface area is 209 Å². The number of amides is 2. The minimum atomic E-state index is -0.994. The molecule has 0 bridgehead atoms. The number of anilines is 1. The Morgan fingerprint density at radius 3 is 2.58 bits per heavy atom. The Hall–Kier alpha value is -4.01. The number of benzene rings is 1. The summed E-state index contributed by atoms with van der Waals surface area (Å²) >= 11 is 0. The lowest BCUT2D eigenvalue weighted by molar-refractivity contribution is -0.139. The summed E-state index contributed by atoms with van der Waals surface area (Å²) in [4.78, 5) is 47.5. The Morgan fingerprint density at radius 1 is 1.06 bits per heavy atom. The van der Waals surface area contributed by atoms with E-state index in [1.54, 1.807) is 12.4 Å². The van der Waals surface area contributed by atoms with Crippen LogP contribution in [-0.4, -0.2) is 57.4 Å². The third-order valence-electron chi connectivity index (χ3n) is 6.47. The lowest BCUT2D eigenvalue weighted by Gasteiger charge is -2.32. The van der Waals surface area contributed by atoms with E-state index in [1.807, 2.05) is 53.4 Å². The van der Waals surface area contributed by atoms with Gasteiger partial charge in [0.15, 0.2) is 0 Å². The number of piperidine rings is 1. The van der Waals surface area contributed by atoms with Crippen molar-refractivity contribution in [2.45, 2.75) is 38.1 Å². The van der Waals surface area contributed by atoms with Crippen LogP contribution in [0.3, 0.4) is 0 Å². The summed E-state index contributed by atoms with van der Waals surface area (Å²) < 4.78 is 0. The Kier molecular flexibility index (Phi) is 8.44. The molecule has 0 saturated carbocycles. The van der Waals surface area contributed by atoms with Crippen LogP contribution in [0.1, 0.15) is 43.7 Å². The highest BCUT2D eigenvalue weighted by molar-refractivity contribution is 5.82. The summed E-state index contributed by atoms with van der Waals surface area (Å²) in [5.41, 5.74) is 1.47. The van der Waals surface area contributed by atoms with Gasteiger partial charge in [-0.15, -0.1) is 0 Å². The van der Waals surface area contributed by atoms with Crippen LogP contribution in [0, 0.1) is 5.92 Å². The van der Waals surface area contributed by atoms with E-state index in [0.717, 1.165) is 16.7 Å². The normalized spacial score (nSPS) is 14.8. The fraction of sp³-hybridized carbons (Fsp3) is 0.370. The third kappa shape index (κ3) is 6.78. The number of pyridine rings is 2. The van der Waals surface area contributed by atoms with Gasteiger partial charge in [0.05, 0.1) is 18.0 Å². The van der Waals surface area contributed by atoms with Crippen LogP contribution in [0.25, 0.3) is 10.9 Å². The minimum Gasteiger partial charge on any atom is -0.481 e. The highest BCUT2D eigenvalue weighted by atomic mass is 16.4. The number of fused-ring (bicyclic) bond motifs is 1. The fourth-order valence-corrected chi connectivity index (χ4v) is 4.47. The third-order valence-corrected chi connectivity index (χ3v) is 6.47. The number of carboxylic acids is 1. The second-order valence-corrected chi connectivity index (χ2v) is 9.02. The summed E-state index contributed by atoms with van der Waals surface area (Å²) in [6.45, 7) is 1.70. The quantitative estimate of drug-likeness (QED) is 0.373. The number of carboxylic acid groups (broad SMARTS) is 1. The van der Waals surface area contributed by atoms with Crippen molar-refractivity contribution in [2.24, 2.45) is 5.92 Å². The maximum atomic E-state index is 13.0. The van der Waals surface area contributed by atoms with E-state index in [2.05, 4.69) is 20.6 Å². The fourth-order valence-electron chi connectivity index (χ4n) is 4.47. The first-order valence-electron chi connectivity index (χ1n) is 12.3. The standard InChI is InChI=1S/C27H31N5O4/c33-25(9-5-13-29-24-8-3-4-12-28-24)32-14-10-19(11-15-32)27(36)31-23(17-26(34)35)21-16-20-6-1-2-7-22(20)30-18-21/h1-4,6-8,12,16,18-19,23H,5,9-11,13-15,17H2,(H,28,29)(H,31,36)(H,34,35)/t23-/m0/s1. The number of hydrogen-bond donors (Lipinski definition) is 3. The van der Waals surface area contributed by atoms with E-state index < -0.39 is 12.0 Å². The van der Waals surface area contributed by atoms with Crippen molar-refractivity contribution in [3.05, 3.63) is 66.5 Å². The topological polar surface area (TPSA) is 125 Å². The maximum Gasteiger partial charge on any atom is 0.305 e. The highest BCUT2D eigenvalue weighted by Crippen LogP contribution is 2.24. The van der Waals surface area contributed by atoms with Gasteiger partial charge in [-0.2, -0.15) is 0 Å². The molecular formula is C27H31N5O4. The molecule has 4 rings (SSSR count). The molecule has 0 radical (unpaired) electrons. The summed E-state index contributed by atoms with van der Waals surface area (Å²) in [5, 5.41) is 16.4. The van der Waals surface area contributed by atoms with Gasteiger partial charge in [-0.05, 0) is 49.1 Å². The van der Waals surface area contributed by atoms with Gasteiger partial charge in [-0.3, -0.25) is 19.4 Å². The number of carbonyl (C=O) groups is 3. The molecule has 3 heterocycles. The molecular weight excluding hydrogens is 458 g/mol. The number of aliphatic carboxylic acids is 1. The smallest absolute Gasteiger partial charge is 0.305 e. The van der Waals surface area contributed by atoms with Crippen molar-refractivity contribution < 1.29 is 19.5 Å². The molecule has 1 atom stereocenters. The molecule has 3 aromatic rings. The van der Waals surface area contributed by atoms with Gasteiger partial charge in [-0.25, -0.2) is 4.98 Å². The first-order chi connectivity index (χ1) is 17.5. The van der Waals surface area contributed by atoms with Gasteiger partial charge in [0.1, 0.15) is 5.82 Å². The number of carbonyl (C=O) groups excluding carboxylic acids is 2. The highest BCUT2D eigenvalue weighted by Gasteiger charge is 2.29. The predicted octanol–water partition coefficient (Wildman–Crippen LogP) is 3.39. The number of aromatic nitrogens is 2. The predicted molar refractivity (Wildman–Crippen MR) is 136 cm³/mol. The SMILES string of the molecule is O=C(O)C[C@H](NC(=O)C1CCN(C(=O)CCCNc2ccccn2)CC1)c1cnc2ccccc2c1. The Balaban J connectivity index is 1.26. The van der Waals surface area contributed by atoms with Crippen LogP contribution in [-0.2, 0) is 14.4 Å². The van der Waals surface area contributed by atoms with E-state index in [4.69, 9.17) is 0 Å². The van der Waals surface area contributed by atoms with Crippen molar-refractivity contribution in [3.63, 3.8) is 0 Å². The summed E-state index contributed by atoms with van der Waals surface area (Å²) in [6.07, 6.45) is 5.37. The van der Waals surface area contributed by atoms with Crippen LogP contribution in [0.15, 0.2) is 60.9 Å². The van der Waals surface area contributed by atoms with Gasteiger partial charge in [0.2, 0.25) is 11.8 Å². The van der Waals surface area contributed by atoms with Gasteiger partial charge >= 0.3 is 5.97 Å². The zero-order valence-corrected chi connectivity index (χ0v) is 20.1. The summed E-state index contributed by atoms with van der Waals surface area (Å²) in [5.74, 6) is -0.558. The molecule has 1 aromatic carbocycles.